The second-order valence-electron chi connectivity index (χ2n) is 5.05. The lowest BCUT2D eigenvalue weighted by molar-refractivity contribution is 0.0601. The molecule has 0 radical (unpaired) electrons. The molecule has 7 nitrogen and oxygen atoms in total. The number of sulfonamides is 1. The van der Waals surface area contributed by atoms with Crippen LogP contribution in [0, 0.1) is 0 Å². The van der Waals surface area contributed by atoms with Gasteiger partial charge in [-0.2, -0.15) is 0 Å². The first-order chi connectivity index (χ1) is 12.6. The molecule has 11 heteroatoms. The molecule has 0 aliphatic carbocycles. The van der Waals surface area contributed by atoms with Crippen LogP contribution in [0.5, 0.6) is 11.5 Å². The summed E-state index contributed by atoms with van der Waals surface area (Å²) in [5.74, 6) is -0.370. The lowest BCUT2D eigenvalue weighted by atomic mass is 10.1. The summed E-state index contributed by atoms with van der Waals surface area (Å²) in [7, 11) is -0.323. The molecule has 27 heavy (non-hydrogen) atoms. The van der Waals surface area contributed by atoms with Crippen molar-refractivity contribution in [1.82, 2.24) is 0 Å². The van der Waals surface area contributed by atoms with Crippen LogP contribution in [0.3, 0.4) is 0 Å². The van der Waals surface area contributed by atoms with E-state index >= 15 is 0 Å². The number of hydrogen-bond acceptors (Lipinski definition) is 6. The highest BCUT2D eigenvalue weighted by Crippen LogP contribution is 2.36. The summed E-state index contributed by atoms with van der Waals surface area (Å²) in [4.78, 5) is 11.8. The number of halogens is 3. The predicted octanol–water partition coefficient (Wildman–Crippen LogP) is 4.25. The van der Waals surface area contributed by atoms with E-state index in [1.807, 2.05) is 0 Å². The largest absolute Gasteiger partial charge is 0.493 e. The average Bonchev–Trinajstić information content (AvgIpc) is 2.63. The summed E-state index contributed by atoms with van der Waals surface area (Å²) < 4.78 is 42.8. The zero-order chi connectivity index (χ0) is 20.4. The number of hydrogen-bond donors (Lipinski definition) is 1. The Balaban J connectivity index is 2.61. The monoisotopic (exact) mass is 453 g/mol. The molecule has 2 aromatic rings. The third kappa shape index (κ3) is 4.52. The minimum absolute atomic E-state index is 0.00180. The van der Waals surface area contributed by atoms with Crippen LogP contribution in [0.15, 0.2) is 29.2 Å². The first-order valence-corrected chi connectivity index (χ1v) is 9.78. The zero-order valence-electron chi connectivity index (χ0n) is 14.3. The maximum Gasteiger partial charge on any atom is 0.340 e. The molecule has 0 fully saturated rings. The molecule has 0 spiro atoms. The van der Waals surface area contributed by atoms with Gasteiger partial charge in [0.1, 0.15) is 4.90 Å². The number of ether oxygens (including phenoxy) is 3. The second-order valence-corrected chi connectivity index (χ2v) is 7.92. The van der Waals surface area contributed by atoms with E-state index in [4.69, 9.17) is 49.0 Å². The van der Waals surface area contributed by atoms with Gasteiger partial charge in [0.25, 0.3) is 10.0 Å². The number of methoxy groups -OCH3 is 3. The van der Waals surface area contributed by atoms with Gasteiger partial charge in [-0.05, 0) is 12.1 Å². The Kier molecular flexibility index (Phi) is 6.69. The van der Waals surface area contributed by atoms with Gasteiger partial charge < -0.3 is 14.2 Å². The summed E-state index contributed by atoms with van der Waals surface area (Å²) in [6.45, 7) is 0. The van der Waals surface area contributed by atoms with Crippen LogP contribution in [0.25, 0.3) is 0 Å². The van der Waals surface area contributed by atoms with Crippen LogP contribution in [0.1, 0.15) is 10.4 Å². The topological polar surface area (TPSA) is 90.9 Å². The Morgan fingerprint density at radius 2 is 1.44 bits per heavy atom. The fourth-order valence-corrected chi connectivity index (χ4v) is 4.23. The lowest BCUT2D eigenvalue weighted by Crippen LogP contribution is -2.17. The third-order valence-electron chi connectivity index (χ3n) is 3.44. The van der Waals surface area contributed by atoms with Gasteiger partial charge in [0, 0.05) is 12.1 Å². The Morgan fingerprint density at radius 1 is 0.889 bits per heavy atom. The fraction of sp³-hybridized carbons (Fsp3) is 0.188. The van der Waals surface area contributed by atoms with Gasteiger partial charge in [-0.3, -0.25) is 4.72 Å². The van der Waals surface area contributed by atoms with E-state index in [0.29, 0.717) is 0 Å². The molecule has 0 heterocycles. The molecule has 2 aromatic carbocycles. The van der Waals surface area contributed by atoms with Crippen molar-refractivity contribution >= 4 is 56.5 Å². The summed E-state index contributed by atoms with van der Waals surface area (Å²) in [6, 6.07) is 4.88. The number of carbonyl (C=O) groups is 1. The van der Waals surface area contributed by atoms with Crippen LogP contribution in [-0.4, -0.2) is 35.7 Å². The van der Waals surface area contributed by atoms with Crippen molar-refractivity contribution in [2.24, 2.45) is 0 Å². The van der Waals surface area contributed by atoms with Crippen molar-refractivity contribution < 1.29 is 27.4 Å². The van der Waals surface area contributed by atoms with Crippen molar-refractivity contribution in [3.05, 3.63) is 44.9 Å². The molecule has 146 valence electrons. The van der Waals surface area contributed by atoms with E-state index < -0.39 is 16.0 Å². The van der Waals surface area contributed by atoms with E-state index in [-0.39, 0.29) is 42.7 Å². The van der Waals surface area contributed by atoms with Crippen LogP contribution in [0.2, 0.25) is 15.1 Å². The molecule has 0 aliphatic rings. The molecule has 0 aromatic heterocycles. The summed E-state index contributed by atoms with van der Waals surface area (Å²) >= 11 is 17.7. The van der Waals surface area contributed by atoms with Gasteiger partial charge in [-0.15, -0.1) is 0 Å². The molecule has 0 bridgehead atoms. The van der Waals surface area contributed by atoms with Crippen molar-refractivity contribution in [1.29, 1.82) is 0 Å². The van der Waals surface area contributed by atoms with Gasteiger partial charge >= 0.3 is 5.97 Å². The quantitative estimate of drug-likeness (QED) is 0.518. The van der Waals surface area contributed by atoms with Gasteiger partial charge in [-0.25, -0.2) is 13.2 Å². The molecule has 0 unspecified atom stereocenters. The minimum atomic E-state index is -4.22. The summed E-state index contributed by atoms with van der Waals surface area (Å²) in [5, 5.41) is -0.0408. The first kappa shape index (κ1) is 21.4. The third-order valence-corrected chi connectivity index (χ3v) is 5.99. The number of benzene rings is 2. The Labute approximate surface area is 171 Å². The van der Waals surface area contributed by atoms with Crippen molar-refractivity contribution in [2.45, 2.75) is 4.90 Å². The van der Waals surface area contributed by atoms with E-state index in [1.54, 1.807) is 0 Å². The van der Waals surface area contributed by atoms with E-state index in [2.05, 4.69) is 4.72 Å². The summed E-state index contributed by atoms with van der Waals surface area (Å²) in [6.07, 6.45) is 0. The van der Waals surface area contributed by atoms with Crippen LogP contribution < -0.4 is 14.2 Å². The maximum atomic E-state index is 12.8. The van der Waals surface area contributed by atoms with Crippen molar-refractivity contribution in [3.8, 4) is 11.5 Å². The highest BCUT2D eigenvalue weighted by Gasteiger charge is 2.25. The lowest BCUT2D eigenvalue weighted by Gasteiger charge is -2.16. The molecule has 0 atom stereocenters. The predicted molar refractivity (Wildman–Crippen MR) is 103 cm³/mol. The minimum Gasteiger partial charge on any atom is -0.493 e. The normalized spacial score (nSPS) is 11.0. The number of nitrogens with one attached hydrogen (secondary N) is 1. The van der Waals surface area contributed by atoms with E-state index in [1.165, 1.54) is 32.4 Å². The standard InChI is InChI=1S/C16H14Cl3NO6S/c1-24-13-4-8(16(21)26-3)12(7-14(13)25-2)20-27(22,23)15-6-10(18)9(17)5-11(15)19/h4-7,20H,1-3H3. The SMILES string of the molecule is COC(=O)c1cc(OC)c(OC)cc1NS(=O)(=O)c1cc(Cl)c(Cl)cc1Cl. The average molecular weight is 455 g/mol. The molecule has 0 saturated carbocycles. The smallest absolute Gasteiger partial charge is 0.340 e. The van der Waals surface area contributed by atoms with Gasteiger partial charge in [0.15, 0.2) is 11.5 Å². The zero-order valence-corrected chi connectivity index (χ0v) is 17.4. The van der Waals surface area contributed by atoms with Crippen LogP contribution in [-0.2, 0) is 14.8 Å². The van der Waals surface area contributed by atoms with Crippen molar-refractivity contribution in [3.63, 3.8) is 0 Å². The fourth-order valence-electron chi connectivity index (χ4n) is 2.15. The van der Waals surface area contributed by atoms with E-state index in [0.717, 1.165) is 13.2 Å². The Bertz CT molecular complexity index is 994. The first-order valence-electron chi connectivity index (χ1n) is 7.16. The van der Waals surface area contributed by atoms with Gasteiger partial charge in [-0.1, -0.05) is 34.8 Å². The second kappa shape index (κ2) is 8.43. The molecule has 0 saturated heterocycles. The molecule has 0 aliphatic heterocycles. The van der Waals surface area contributed by atoms with Crippen LogP contribution in [0.4, 0.5) is 5.69 Å². The van der Waals surface area contributed by atoms with E-state index in [9.17, 15) is 13.2 Å². The molecular weight excluding hydrogens is 441 g/mol. The Morgan fingerprint density at radius 3 is 2.00 bits per heavy atom. The molecule has 0 amide bonds. The maximum absolute atomic E-state index is 12.8. The Hall–Kier alpha value is -1.87. The summed E-state index contributed by atoms with van der Waals surface area (Å²) in [5.41, 5.74) is -0.184. The molecule has 2 rings (SSSR count). The number of carbonyl (C=O) groups excluding carboxylic acids is 1. The molecule has 1 N–H and O–H groups in total. The van der Waals surface area contributed by atoms with Gasteiger partial charge in [0.2, 0.25) is 0 Å². The van der Waals surface area contributed by atoms with Crippen LogP contribution >= 0.6 is 34.8 Å². The van der Waals surface area contributed by atoms with Crippen molar-refractivity contribution in [2.75, 3.05) is 26.1 Å². The number of esters is 1. The number of rotatable bonds is 6. The highest BCUT2D eigenvalue weighted by atomic mass is 35.5. The van der Waals surface area contributed by atoms with Gasteiger partial charge in [0.05, 0.1) is 47.6 Å². The molecular formula is C16H14Cl3NO6S. The number of anilines is 1. The highest BCUT2D eigenvalue weighted by molar-refractivity contribution is 7.92.